The first-order valence-electron chi connectivity index (χ1n) is 9.45. The summed E-state index contributed by atoms with van der Waals surface area (Å²) in [6.45, 7) is 2.48. The summed E-state index contributed by atoms with van der Waals surface area (Å²) in [6.07, 6.45) is 0. The lowest BCUT2D eigenvalue weighted by molar-refractivity contribution is 0.208. The standard InChI is InChI=1S/C21H26ClN3O5/c1-27-14-5-6-17(20(11-14)30-4)24-7-9-25(10-8-24)21(26)23-16-12-15(22)18(28-2)13-19(16)29-3/h5-6,11-13H,7-10H2,1-4H3,(H,23,26). The lowest BCUT2D eigenvalue weighted by Crippen LogP contribution is -2.50. The molecular weight excluding hydrogens is 410 g/mol. The number of nitrogens with one attached hydrogen (secondary N) is 1. The second-order valence-corrected chi connectivity index (χ2v) is 7.04. The average molecular weight is 436 g/mol. The molecule has 0 aliphatic carbocycles. The van der Waals surface area contributed by atoms with E-state index < -0.39 is 0 Å². The van der Waals surface area contributed by atoms with E-state index >= 15 is 0 Å². The highest BCUT2D eigenvalue weighted by Crippen LogP contribution is 2.36. The molecule has 1 heterocycles. The van der Waals surface area contributed by atoms with Crippen molar-refractivity contribution in [2.45, 2.75) is 0 Å². The van der Waals surface area contributed by atoms with Gasteiger partial charge in [-0.3, -0.25) is 0 Å². The van der Waals surface area contributed by atoms with E-state index in [4.69, 9.17) is 30.5 Å². The SMILES string of the molecule is COc1ccc(N2CCN(C(=O)Nc3cc(Cl)c(OC)cc3OC)CC2)c(OC)c1. The molecular formula is C21H26ClN3O5. The summed E-state index contributed by atoms with van der Waals surface area (Å²) in [5.74, 6) is 2.44. The third-order valence-corrected chi connectivity index (χ3v) is 5.31. The van der Waals surface area contributed by atoms with Gasteiger partial charge in [-0.1, -0.05) is 11.6 Å². The first-order valence-corrected chi connectivity index (χ1v) is 9.83. The van der Waals surface area contributed by atoms with E-state index in [2.05, 4.69) is 10.2 Å². The largest absolute Gasteiger partial charge is 0.497 e. The number of nitrogens with zero attached hydrogens (tertiary/aromatic N) is 2. The Bertz CT molecular complexity index is 900. The molecule has 2 aromatic carbocycles. The minimum atomic E-state index is -0.212. The smallest absolute Gasteiger partial charge is 0.322 e. The number of methoxy groups -OCH3 is 4. The first kappa shape index (κ1) is 21.7. The Labute approximate surface area is 181 Å². The molecule has 9 heteroatoms. The number of urea groups is 1. The maximum Gasteiger partial charge on any atom is 0.322 e. The molecule has 2 aromatic rings. The lowest BCUT2D eigenvalue weighted by atomic mass is 10.2. The van der Waals surface area contributed by atoms with Crippen molar-refractivity contribution in [3.63, 3.8) is 0 Å². The quantitative estimate of drug-likeness (QED) is 0.745. The topological polar surface area (TPSA) is 72.5 Å². The average Bonchev–Trinajstić information content (AvgIpc) is 2.78. The molecule has 1 fully saturated rings. The third kappa shape index (κ3) is 4.59. The lowest BCUT2D eigenvalue weighted by Gasteiger charge is -2.36. The van der Waals surface area contributed by atoms with Crippen molar-refractivity contribution in [1.29, 1.82) is 0 Å². The number of halogens is 1. The predicted octanol–water partition coefficient (Wildman–Crippen LogP) is 3.73. The fourth-order valence-electron chi connectivity index (χ4n) is 3.35. The molecule has 0 aromatic heterocycles. The minimum Gasteiger partial charge on any atom is -0.497 e. The maximum atomic E-state index is 12.8. The number of hydrogen-bond donors (Lipinski definition) is 1. The van der Waals surface area contributed by atoms with Crippen LogP contribution in [-0.4, -0.2) is 65.5 Å². The number of rotatable bonds is 6. The molecule has 0 atom stereocenters. The number of carbonyl (C=O) groups excluding carboxylic acids is 1. The molecule has 0 spiro atoms. The van der Waals surface area contributed by atoms with Crippen molar-refractivity contribution in [3.05, 3.63) is 35.4 Å². The van der Waals surface area contributed by atoms with Crippen LogP contribution in [0.3, 0.4) is 0 Å². The maximum absolute atomic E-state index is 12.8. The van der Waals surface area contributed by atoms with Crippen LogP contribution in [0.25, 0.3) is 0 Å². The number of amides is 2. The summed E-state index contributed by atoms with van der Waals surface area (Å²) in [5, 5.41) is 3.27. The molecule has 0 radical (unpaired) electrons. The van der Waals surface area contributed by atoms with Gasteiger partial charge in [0.25, 0.3) is 0 Å². The van der Waals surface area contributed by atoms with Crippen molar-refractivity contribution in [3.8, 4) is 23.0 Å². The van der Waals surface area contributed by atoms with Crippen molar-refractivity contribution in [2.75, 3.05) is 64.8 Å². The van der Waals surface area contributed by atoms with Crippen molar-refractivity contribution in [2.24, 2.45) is 0 Å². The van der Waals surface area contributed by atoms with Crippen LogP contribution in [-0.2, 0) is 0 Å². The Kier molecular flexibility index (Phi) is 6.99. The predicted molar refractivity (Wildman–Crippen MR) is 117 cm³/mol. The Hall–Kier alpha value is -3.00. The fraction of sp³-hybridized carbons (Fsp3) is 0.381. The van der Waals surface area contributed by atoms with Crippen LogP contribution in [0, 0.1) is 0 Å². The summed E-state index contributed by atoms with van der Waals surface area (Å²) in [5.41, 5.74) is 1.47. The number of piperazine rings is 1. The Balaban J connectivity index is 1.66. The highest BCUT2D eigenvalue weighted by atomic mass is 35.5. The van der Waals surface area contributed by atoms with Gasteiger partial charge in [0.05, 0.1) is 44.8 Å². The molecule has 3 rings (SSSR count). The van der Waals surface area contributed by atoms with E-state index in [9.17, 15) is 4.79 Å². The monoisotopic (exact) mass is 435 g/mol. The van der Waals surface area contributed by atoms with Crippen LogP contribution >= 0.6 is 11.6 Å². The van der Waals surface area contributed by atoms with Crippen molar-refractivity contribution >= 4 is 29.0 Å². The highest BCUT2D eigenvalue weighted by Gasteiger charge is 2.24. The zero-order valence-corrected chi connectivity index (χ0v) is 18.3. The van der Waals surface area contributed by atoms with E-state index in [0.717, 1.165) is 17.2 Å². The van der Waals surface area contributed by atoms with Crippen LogP contribution in [0.2, 0.25) is 5.02 Å². The zero-order chi connectivity index (χ0) is 21.7. The van der Waals surface area contributed by atoms with Crippen LogP contribution in [0.1, 0.15) is 0 Å². The van der Waals surface area contributed by atoms with E-state index in [0.29, 0.717) is 48.4 Å². The molecule has 8 nitrogen and oxygen atoms in total. The van der Waals surface area contributed by atoms with E-state index in [1.54, 1.807) is 31.3 Å². The van der Waals surface area contributed by atoms with Gasteiger partial charge in [0.1, 0.15) is 23.0 Å². The third-order valence-electron chi connectivity index (χ3n) is 5.01. The Morgan fingerprint density at radius 2 is 1.53 bits per heavy atom. The summed E-state index contributed by atoms with van der Waals surface area (Å²) in [6, 6.07) is 8.78. The highest BCUT2D eigenvalue weighted by molar-refractivity contribution is 6.32. The number of carbonyl (C=O) groups is 1. The minimum absolute atomic E-state index is 0.212. The van der Waals surface area contributed by atoms with E-state index in [1.807, 2.05) is 18.2 Å². The Morgan fingerprint density at radius 1 is 0.867 bits per heavy atom. The molecule has 1 aliphatic heterocycles. The second kappa shape index (κ2) is 9.67. The van der Waals surface area contributed by atoms with Gasteiger partial charge in [0, 0.05) is 38.3 Å². The van der Waals surface area contributed by atoms with Gasteiger partial charge in [-0.2, -0.15) is 0 Å². The van der Waals surface area contributed by atoms with Crippen LogP contribution in [0.4, 0.5) is 16.2 Å². The van der Waals surface area contributed by atoms with Gasteiger partial charge < -0.3 is 34.1 Å². The summed E-state index contributed by atoms with van der Waals surface area (Å²) >= 11 is 6.19. The van der Waals surface area contributed by atoms with Crippen LogP contribution in [0.15, 0.2) is 30.3 Å². The van der Waals surface area contributed by atoms with Gasteiger partial charge in [0.2, 0.25) is 0 Å². The van der Waals surface area contributed by atoms with Gasteiger partial charge >= 0.3 is 6.03 Å². The number of hydrogen-bond acceptors (Lipinski definition) is 6. The van der Waals surface area contributed by atoms with Gasteiger partial charge in [0.15, 0.2) is 0 Å². The second-order valence-electron chi connectivity index (χ2n) is 6.63. The summed E-state index contributed by atoms with van der Waals surface area (Å²) in [4.78, 5) is 16.7. The number of ether oxygens (including phenoxy) is 4. The summed E-state index contributed by atoms with van der Waals surface area (Å²) in [7, 11) is 6.31. The van der Waals surface area contributed by atoms with Crippen LogP contribution in [0.5, 0.6) is 23.0 Å². The Morgan fingerprint density at radius 3 is 2.13 bits per heavy atom. The normalized spacial score (nSPS) is 13.6. The summed E-state index contributed by atoms with van der Waals surface area (Å²) < 4.78 is 21.3. The van der Waals surface area contributed by atoms with Gasteiger partial charge in [-0.15, -0.1) is 0 Å². The first-order chi connectivity index (χ1) is 14.5. The molecule has 0 bridgehead atoms. The van der Waals surface area contributed by atoms with Crippen molar-refractivity contribution in [1.82, 2.24) is 4.90 Å². The molecule has 30 heavy (non-hydrogen) atoms. The van der Waals surface area contributed by atoms with Crippen molar-refractivity contribution < 1.29 is 23.7 Å². The fourth-order valence-corrected chi connectivity index (χ4v) is 3.59. The van der Waals surface area contributed by atoms with Crippen LogP contribution < -0.4 is 29.2 Å². The molecule has 0 unspecified atom stereocenters. The zero-order valence-electron chi connectivity index (χ0n) is 17.5. The molecule has 1 aliphatic rings. The molecule has 1 saturated heterocycles. The van der Waals surface area contributed by atoms with E-state index in [-0.39, 0.29) is 6.03 Å². The van der Waals surface area contributed by atoms with Gasteiger partial charge in [-0.25, -0.2) is 4.79 Å². The number of benzene rings is 2. The van der Waals surface area contributed by atoms with Gasteiger partial charge in [-0.05, 0) is 18.2 Å². The van der Waals surface area contributed by atoms with E-state index in [1.165, 1.54) is 14.2 Å². The molecule has 2 amide bonds. The molecule has 1 N–H and O–H groups in total. The molecule has 0 saturated carbocycles. The molecule has 162 valence electrons. The number of anilines is 2.